The molecule has 0 saturated heterocycles. The highest BCUT2D eigenvalue weighted by atomic mass is 16.5. The van der Waals surface area contributed by atoms with Crippen LogP contribution >= 0.6 is 0 Å². The molecule has 0 atom stereocenters. The zero-order chi connectivity index (χ0) is 17.8. The minimum absolute atomic E-state index is 0.756. The van der Waals surface area contributed by atoms with Gasteiger partial charge in [0.2, 0.25) is 0 Å². The maximum Gasteiger partial charge on any atom is 0.119 e. The molecular weight excluding hydrogens is 316 g/mol. The minimum Gasteiger partial charge on any atom is -0.545 e. The molecule has 0 amide bonds. The number of nitrogens with one attached hydrogen (secondary N) is 1. The summed E-state index contributed by atoms with van der Waals surface area (Å²) in [5.41, 5.74) is 4.28. The highest BCUT2D eigenvalue weighted by Gasteiger charge is 2.06. The van der Waals surface area contributed by atoms with Crippen LogP contribution in [0.3, 0.4) is 0 Å². The largest absolute Gasteiger partial charge is 0.545 e. The normalized spacial score (nSPS) is 11.0. The standard InChI is InChI=1S/C20H18N2O3/c1-13-10-19(17-12-16(25-2)7-8-18(17)21-13)22-15-5-3-4-14(11-15)6-9-20(23)24/h3-12H,1-2H3,(H,21,22)(H,23,24)/p-1/b9-6+. The number of carbonyl (C=O) groups excluding carboxylic acids is 1. The van der Waals surface area contributed by atoms with Crippen molar-refractivity contribution in [3.05, 3.63) is 65.9 Å². The van der Waals surface area contributed by atoms with Gasteiger partial charge in [-0.1, -0.05) is 18.2 Å². The molecular formula is C20H17N2O3-. The van der Waals surface area contributed by atoms with Gasteiger partial charge >= 0.3 is 0 Å². The summed E-state index contributed by atoms with van der Waals surface area (Å²) in [6, 6.07) is 15.2. The molecule has 0 bridgehead atoms. The lowest BCUT2D eigenvalue weighted by atomic mass is 10.1. The average molecular weight is 333 g/mol. The molecule has 1 aromatic heterocycles. The Morgan fingerprint density at radius 2 is 2.04 bits per heavy atom. The molecule has 3 aromatic rings. The Bertz CT molecular complexity index is 964. The van der Waals surface area contributed by atoms with Crippen LogP contribution in [0.5, 0.6) is 5.75 Å². The lowest BCUT2D eigenvalue weighted by molar-refractivity contribution is -0.297. The third kappa shape index (κ3) is 3.95. The molecule has 1 N–H and O–H groups in total. The zero-order valence-corrected chi connectivity index (χ0v) is 13.9. The van der Waals surface area contributed by atoms with Crippen LogP contribution in [0.25, 0.3) is 17.0 Å². The summed E-state index contributed by atoms with van der Waals surface area (Å²) in [5, 5.41) is 14.9. The number of aryl methyl sites for hydroxylation is 1. The number of ether oxygens (including phenoxy) is 1. The van der Waals surface area contributed by atoms with E-state index in [0.29, 0.717) is 0 Å². The number of aliphatic carboxylic acids is 1. The van der Waals surface area contributed by atoms with Crippen molar-refractivity contribution >= 4 is 34.3 Å². The van der Waals surface area contributed by atoms with Crippen molar-refractivity contribution in [3.8, 4) is 5.75 Å². The molecule has 0 aliphatic rings. The van der Waals surface area contributed by atoms with Gasteiger partial charge in [-0.15, -0.1) is 0 Å². The van der Waals surface area contributed by atoms with E-state index >= 15 is 0 Å². The number of aromatic nitrogens is 1. The molecule has 5 heteroatoms. The van der Waals surface area contributed by atoms with Gasteiger partial charge < -0.3 is 20.0 Å². The number of hydrogen-bond acceptors (Lipinski definition) is 5. The fourth-order valence-corrected chi connectivity index (χ4v) is 2.61. The lowest BCUT2D eigenvalue weighted by Crippen LogP contribution is -2.18. The number of benzene rings is 2. The van der Waals surface area contributed by atoms with Crippen LogP contribution in [-0.4, -0.2) is 18.1 Å². The van der Waals surface area contributed by atoms with E-state index < -0.39 is 5.97 Å². The summed E-state index contributed by atoms with van der Waals surface area (Å²) in [7, 11) is 1.63. The summed E-state index contributed by atoms with van der Waals surface area (Å²) >= 11 is 0. The van der Waals surface area contributed by atoms with E-state index in [1.807, 2.05) is 55.5 Å². The van der Waals surface area contributed by atoms with Gasteiger partial charge in [0.05, 0.1) is 18.6 Å². The van der Waals surface area contributed by atoms with Crippen LogP contribution in [-0.2, 0) is 4.79 Å². The molecule has 0 saturated carbocycles. The fourth-order valence-electron chi connectivity index (χ4n) is 2.61. The summed E-state index contributed by atoms with van der Waals surface area (Å²) in [6.07, 6.45) is 2.51. The van der Waals surface area contributed by atoms with Gasteiger partial charge in [0.1, 0.15) is 5.75 Å². The Labute approximate surface area is 145 Å². The Balaban J connectivity index is 2.00. The summed E-state index contributed by atoms with van der Waals surface area (Å²) in [6.45, 7) is 1.94. The van der Waals surface area contributed by atoms with E-state index in [1.165, 1.54) is 6.08 Å². The van der Waals surface area contributed by atoms with Gasteiger partial charge in [-0.2, -0.15) is 0 Å². The van der Waals surface area contributed by atoms with Crippen LogP contribution in [0.2, 0.25) is 0 Å². The van der Waals surface area contributed by atoms with E-state index in [1.54, 1.807) is 7.11 Å². The molecule has 0 fully saturated rings. The minimum atomic E-state index is -1.22. The third-order valence-corrected chi connectivity index (χ3v) is 3.72. The molecule has 3 rings (SSSR count). The maximum atomic E-state index is 10.6. The lowest BCUT2D eigenvalue weighted by Gasteiger charge is -2.12. The van der Waals surface area contributed by atoms with E-state index in [9.17, 15) is 9.90 Å². The van der Waals surface area contributed by atoms with Crippen molar-refractivity contribution in [2.75, 3.05) is 12.4 Å². The molecule has 0 aliphatic heterocycles. The number of hydrogen-bond donors (Lipinski definition) is 1. The van der Waals surface area contributed by atoms with Crippen molar-refractivity contribution < 1.29 is 14.6 Å². The Kier molecular flexibility index (Phi) is 4.66. The molecule has 0 unspecified atom stereocenters. The van der Waals surface area contributed by atoms with E-state index in [4.69, 9.17) is 4.74 Å². The first-order chi connectivity index (χ1) is 12.0. The van der Waals surface area contributed by atoms with Gasteiger partial charge in [0.25, 0.3) is 0 Å². The predicted octanol–water partition coefficient (Wildman–Crippen LogP) is 3.06. The van der Waals surface area contributed by atoms with Gasteiger partial charge in [0, 0.05) is 22.5 Å². The smallest absolute Gasteiger partial charge is 0.119 e. The topological polar surface area (TPSA) is 74.3 Å². The predicted molar refractivity (Wildman–Crippen MR) is 96.8 cm³/mol. The molecule has 0 spiro atoms. The summed E-state index contributed by atoms with van der Waals surface area (Å²) in [4.78, 5) is 15.1. The highest BCUT2D eigenvalue weighted by molar-refractivity contribution is 5.94. The number of carboxylic acids is 1. The van der Waals surface area contributed by atoms with Gasteiger partial charge in [0.15, 0.2) is 0 Å². The Morgan fingerprint density at radius 1 is 1.20 bits per heavy atom. The van der Waals surface area contributed by atoms with E-state index in [-0.39, 0.29) is 0 Å². The molecule has 0 radical (unpaired) electrons. The van der Waals surface area contributed by atoms with Crippen LogP contribution in [0.15, 0.2) is 54.6 Å². The first-order valence-electron chi connectivity index (χ1n) is 7.77. The number of carboxylic acid groups (broad SMARTS) is 1. The molecule has 126 valence electrons. The Morgan fingerprint density at radius 3 is 2.80 bits per heavy atom. The number of pyridine rings is 1. The zero-order valence-electron chi connectivity index (χ0n) is 13.9. The fraction of sp³-hybridized carbons (Fsp3) is 0.100. The number of fused-ring (bicyclic) bond motifs is 1. The number of nitrogens with zero attached hydrogens (tertiary/aromatic N) is 1. The quantitative estimate of drug-likeness (QED) is 0.726. The number of anilines is 2. The van der Waals surface area contributed by atoms with E-state index in [2.05, 4.69) is 10.3 Å². The monoisotopic (exact) mass is 333 g/mol. The van der Waals surface area contributed by atoms with Gasteiger partial charge in [-0.05, 0) is 55.0 Å². The van der Waals surface area contributed by atoms with E-state index in [0.717, 1.165) is 45.4 Å². The summed E-state index contributed by atoms with van der Waals surface area (Å²) in [5.74, 6) is -0.465. The van der Waals surface area contributed by atoms with Crippen molar-refractivity contribution in [2.45, 2.75) is 6.92 Å². The van der Waals surface area contributed by atoms with Gasteiger partial charge in [-0.25, -0.2) is 0 Å². The number of rotatable bonds is 5. The van der Waals surface area contributed by atoms with Crippen molar-refractivity contribution in [1.29, 1.82) is 0 Å². The second kappa shape index (κ2) is 7.05. The van der Waals surface area contributed by atoms with Crippen LogP contribution in [0.4, 0.5) is 11.4 Å². The number of methoxy groups -OCH3 is 1. The molecule has 2 aromatic carbocycles. The van der Waals surface area contributed by atoms with Crippen molar-refractivity contribution in [1.82, 2.24) is 4.98 Å². The average Bonchev–Trinajstić information content (AvgIpc) is 2.60. The van der Waals surface area contributed by atoms with Crippen LogP contribution < -0.4 is 15.2 Å². The SMILES string of the molecule is COc1ccc2nc(C)cc(Nc3cccc(/C=C/C(=O)[O-])c3)c2c1. The maximum absolute atomic E-state index is 10.6. The Hall–Kier alpha value is -3.34. The van der Waals surface area contributed by atoms with Crippen molar-refractivity contribution in [3.63, 3.8) is 0 Å². The second-order valence-corrected chi connectivity index (χ2v) is 5.60. The third-order valence-electron chi connectivity index (χ3n) is 3.72. The molecule has 5 nitrogen and oxygen atoms in total. The highest BCUT2D eigenvalue weighted by Crippen LogP contribution is 2.29. The second-order valence-electron chi connectivity index (χ2n) is 5.60. The summed E-state index contributed by atoms with van der Waals surface area (Å²) < 4.78 is 5.31. The van der Waals surface area contributed by atoms with Gasteiger partial charge in [-0.3, -0.25) is 4.98 Å². The first kappa shape index (κ1) is 16.5. The molecule has 0 aliphatic carbocycles. The van der Waals surface area contributed by atoms with Crippen molar-refractivity contribution in [2.24, 2.45) is 0 Å². The van der Waals surface area contributed by atoms with Crippen LogP contribution in [0, 0.1) is 6.92 Å². The molecule has 1 heterocycles. The molecule has 25 heavy (non-hydrogen) atoms. The van der Waals surface area contributed by atoms with Crippen LogP contribution in [0.1, 0.15) is 11.3 Å². The first-order valence-corrected chi connectivity index (χ1v) is 7.77. The number of carbonyl (C=O) groups is 1.